The molecule has 0 aliphatic carbocycles. The lowest BCUT2D eigenvalue weighted by atomic mass is 10.1. The summed E-state index contributed by atoms with van der Waals surface area (Å²) in [5.41, 5.74) is 1.54. The zero-order chi connectivity index (χ0) is 15.9. The number of nitrogens with one attached hydrogen (secondary N) is 1. The van der Waals surface area contributed by atoms with Gasteiger partial charge in [-0.05, 0) is 23.3 Å². The van der Waals surface area contributed by atoms with E-state index in [9.17, 15) is 15.4 Å². The molecular weight excluding hydrogens is 282 g/mol. The van der Waals surface area contributed by atoms with Gasteiger partial charge >= 0.3 is 0 Å². The van der Waals surface area contributed by atoms with Gasteiger partial charge in [-0.2, -0.15) is 5.26 Å². The largest absolute Gasteiger partial charge is 0.497 e. The van der Waals surface area contributed by atoms with E-state index in [0.717, 1.165) is 11.3 Å². The highest BCUT2D eigenvalue weighted by Gasteiger charge is 2.13. The number of nitriles is 1. The van der Waals surface area contributed by atoms with Crippen LogP contribution in [-0.2, 0) is 6.54 Å². The monoisotopic (exact) mass is 297 g/mol. The van der Waals surface area contributed by atoms with Crippen molar-refractivity contribution in [2.45, 2.75) is 12.6 Å². The van der Waals surface area contributed by atoms with E-state index >= 15 is 0 Å². The molecule has 0 fully saturated rings. The molecule has 0 radical (unpaired) electrons. The molecule has 0 saturated carbocycles. The Kier molecular flexibility index (Phi) is 5.07. The first-order chi connectivity index (χ1) is 10.6. The van der Waals surface area contributed by atoms with Crippen LogP contribution in [0.4, 0.5) is 5.69 Å². The van der Waals surface area contributed by atoms with Crippen LogP contribution in [0.5, 0.6) is 5.75 Å². The minimum absolute atomic E-state index is 0.0241. The molecule has 0 amide bonds. The Bertz CT molecular complexity index is 693. The van der Waals surface area contributed by atoms with Gasteiger partial charge < -0.3 is 4.74 Å². The molecule has 1 atom stereocenters. The van der Waals surface area contributed by atoms with Crippen LogP contribution in [0.2, 0.25) is 0 Å². The fraction of sp³-hybridized carbons (Fsp3) is 0.188. The van der Waals surface area contributed by atoms with Crippen LogP contribution < -0.4 is 10.1 Å². The third kappa shape index (κ3) is 3.81. The molecule has 0 saturated heterocycles. The molecular formula is C16H15N3O3. The van der Waals surface area contributed by atoms with Gasteiger partial charge in [0.05, 0.1) is 18.1 Å². The second kappa shape index (κ2) is 7.20. The lowest BCUT2D eigenvalue weighted by Gasteiger charge is -2.12. The lowest BCUT2D eigenvalue weighted by molar-refractivity contribution is -0.384. The standard InChI is InChI=1S/C16H15N3O3/c1-22-15-7-5-12(6-8-15)11-18-16(10-17)13-3-2-4-14(9-13)19(20)21/h2-9,16,18H,11H2,1H3. The number of ether oxygens (including phenoxy) is 1. The Balaban J connectivity index is 2.07. The molecule has 1 unspecified atom stereocenters. The second-order valence-corrected chi connectivity index (χ2v) is 4.64. The summed E-state index contributed by atoms with van der Waals surface area (Å²) in [5, 5.41) is 23.1. The normalized spacial score (nSPS) is 11.5. The molecule has 6 nitrogen and oxygen atoms in total. The molecule has 112 valence electrons. The molecule has 6 heteroatoms. The maximum atomic E-state index is 10.8. The number of rotatable bonds is 6. The van der Waals surface area contributed by atoms with Gasteiger partial charge in [-0.15, -0.1) is 0 Å². The van der Waals surface area contributed by atoms with Crippen LogP contribution >= 0.6 is 0 Å². The van der Waals surface area contributed by atoms with Crippen molar-refractivity contribution in [3.63, 3.8) is 0 Å². The fourth-order valence-corrected chi connectivity index (χ4v) is 2.02. The van der Waals surface area contributed by atoms with Crippen molar-refractivity contribution < 1.29 is 9.66 Å². The molecule has 2 aromatic rings. The zero-order valence-electron chi connectivity index (χ0n) is 12.0. The van der Waals surface area contributed by atoms with Crippen LogP contribution in [0, 0.1) is 21.4 Å². The summed E-state index contributed by atoms with van der Waals surface area (Å²) in [6.45, 7) is 0.477. The first kappa shape index (κ1) is 15.5. The zero-order valence-corrected chi connectivity index (χ0v) is 12.0. The highest BCUT2D eigenvalue weighted by atomic mass is 16.6. The molecule has 0 aliphatic rings. The van der Waals surface area contributed by atoms with Crippen molar-refractivity contribution in [3.8, 4) is 11.8 Å². The number of hydrogen-bond acceptors (Lipinski definition) is 5. The number of non-ortho nitro benzene ring substituents is 1. The highest BCUT2D eigenvalue weighted by molar-refractivity contribution is 5.37. The van der Waals surface area contributed by atoms with Crippen molar-refractivity contribution in [3.05, 3.63) is 69.8 Å². The average Bonchev–Trinajstić information content (AvgIpc) is 2.56. The predicted molar refractivity (Wildman–Crippen MR) is 81.3 cm³/mol. The van der Waals surface area contributed by atoms with Gasteiger partial charge in [0.25, 0.3) is 5.69 Å². The summed E-state index contributed by atoms with van der Waals surface area (Å²) in [7, 11) is 1.60. The summed E-state index contributed by atoms with van der Waals surface area (Å²) in [6.07, 6.45) is 0. The van der Waals surface area contributed by atoms with Gasteiger partial charge in [-0.25, -0.2) is 0 Å². The van der Waals surface area contributed by atoms with E-state index < -0.39 is 11.0 Å². The van der Waals surface area contributed by atoms with Crippen molar-refractivity contribution in [2.24, 2.45) is 0 Å². The summed E-state index contributed by atoms with van der Waals surface area (Å²) in [4.78, 5) is 10.3. The minimum atomic E-state index is -0.609. The SMILES string of the molecule is COc1ccc(CNC(C#N)c2cccc([N+](=O)[O-])c2)cc1. The van der Waals surface area contributed by atoms with Gasteiger partial charge in [0.15, 0.2) is 0 Å². The van der Waals surface area contributed by atoms with Crippen LogP contribution in [0.25, 0.3) is 0 Å². The first-order valence-corrected chi connectivity index (χ1v) is 6.64. The van der Waals surface area contributed by atoms with Gasteiger partial charge in [0.2, 0.25) is 0 Å². The van der Waals surface area contributed by atoms with Gasteiger partial charge in [-0.3, -0.25) is 15.4 Å². The Hall–Kier alpha value is -2.91. The topological polar surface area (TPSA) is 88.2 Å². The maximum absolute atomic E-state index is 10.8. The fourth-order valence-electron chi connectivity index (χ4n) is 2.02. The number of methoxy groups -OCH3 is 1. The summed E-state index contributed by atoms with van der Waals surface area (Å²) in [5.74, 6) is 0.763. The van der Waals surface area contributed by atoms with Gasteiger partial charge in [0.1, 0.15) is 11.8 Å². The molecule has 22 heavy (non-hydrogen) atoms. The second-order valence-electron chi connectivity index (χ2n) is 4.64. The molecule has 0 bridgehead atoms. The van der Waals surface area contributed by atoms with E-state index in [1.807, 2.05) is 24.3 Å². The van der Waals surface area contributed by atoms with E-state index in [2.05, 4.69) is 11.4 Å². The molecule has 1 N–H and O–H groups in total. The Morgan fingerprint density at radius 2 is 2.05 bits per heavy atom. The number of nitrogens with zero attached hydrogens (tertiary/aromatic N) is 2. The predicted octanol–water partition coefficient (Wildman–Crippen LogP) is 2.96. The summed E-state index contributed by atoms with van der Waals surface area (Å²) in [6, 6.07) is 15.1. The summed E-state index contributed by atoms with van der Waals surface area (Å²) >= 11 is 0. The van der Waals surface area contributed by atoms with Gasteiger partial charge in [-0.1, -0.05) is 24.3 Å². The van der Waals surface area contributed by atoms with E-state index in [1.54, 1.807) is 19.2 Å². The Morgan fingerprint density at radius 3 is 2.64 bits per heavy atom. The number of hydrogen-bond donors (Lipinski definition) is 1. The van der Waals surface area contributed by atoms with Crippen LogP contribution in [0.1, 0.15) is 17.2 Å². The van der Waals surface area contributed by atoms with Crippen molar-refractivity contribution >= 4 is 5.69 Å². The average molecular weight is 297 g/mol. The number of nitro benzene ring substituents is 1. The van der Waals surface area contributed by atoms with Gasteiger partial charge in [0, 0.05) is 18.7 Å². The van der Waals surface area contributed by atoms with Crippen LogP contribution in [0.15, 0.2) is 48.5 Å². The van der Waals surface area contributed by atoms with E-state index in [0.29, 0.717) is 12.1 Å². The molecule has 0 aliphatic heterocycles. The Morgan fingerprint density at radius 1 is 1.32 bits per heavy atom. The third-order valence-electron chi connectivity index (χ3n) is 3.21. The quantitative estimate of drug-likeness (QED) is 0.654. The molecule has 0 heterocycles. The van der Waals surface area contributed by atoms with Crippen molar-refractivity contribution in [1.29, 1.82) is 5.26 Å². The first-order valence-electron chi connectivity index (χ1n) is 6.64. The molecule has 2 rings (SSSR count). The van der Waals surface area contributed by atoms with Crippen molar-refractivity contribution in [2.75, 3.05) is 7.11 Å². The Labute approximate surface area is 128 Å². The number of nitro groups is 1. The number of benzene rings is 2. The minimum Gasteiger partial charge on any atom is -0.497 e. The third-order valence-corrected chi connectivity index (χ3v) is 3.21. The molecule has 0 aromatic heterocycles. The highest BCUT2D eigenvalue weighted by Crippen LogP contribution is 2.19. The van der Waals surface area contributed by atoms with E-state index in [4.69, 9.17) is 4.74 Å². The smallest absolute Gasteiger partial charge is 0.269 e. The lowest BCUT2D eigenvalue weighted by Crippen LogP contribution is -2.19. The maximum Gasteiger partial charge on any atom is 0.269 e. The van der Waals surface area contributed by atoms with E-state index in [-0.39, 0.29) is 5.69 Å². The van der Waals surface area contributed by atoms with E-state index in [1.165, 1.54) is 12.1 Å². The van der Waals surface area contributed by atoms with Crippen molar-refractivity contribution in [1.82, 2.24) is 5.32 Å². The summed E-state index contributed by atoms with van der Waals surface area (Å²) < 4.78 is 5.08. The molecule has 2 aromatic carbocycles. The van der Waals surface area contributed by atoms with Crippen LogP contribution in [-0.4, -0.2) is 12.0 Å². The molecule has 0 spiro atoms. The van der Waals surface area contributed by atoms with Crippen LogP contribution in [0.3, 0.4) is 0 Å².